The van der Waals surface area contributed by atoms with Crippen LogP contribution in [0.15, 0.2) is 82.7 Å². The monoisotopic (exact) mass is 497 g/mol. The number of aliphatic imine (C=N–C) groups is 1. The molecule has 1 amide bonds. The van der Waals surface area contributed by atoms with Gasteiger partial charge in [0.1, 0.15) is 11.7 Å². The van der Waals surface area contributed by atoms with Gasteiger partial charge in [0.25, 0.3) is 5.91 Å². The maximum atomic E-state index is 12.8. The van der Waals surface area contributed by atoms with Gasteiger partial charge < -0.3 is 9.47 Å². The number of carbonyl (C=O) groups excluding carboxylic acids is 1. The second-order valence-electron chi connectivity index (χ2n) is 8.08. The number of benzene rings is 2. The predicted octanol–water partition coefficient (Wildman–Crippen LogP) is 5.04. The Balaban J connectivity index is 1.39. The highest BCUT2D eigenvalue weighted by Gasteiger charge is 2.36. The number of nitrogens with one attached hydrogen (secondary N) is 1. The van der Waals surface area contributed by atoms with E-state index in [9.17, 15) is 4.79 Å². The van der Waals surface area contributed by atoms with Crippen LogP contribution in [-0.4, -0.2) is 38.6 Å². The van der Waals surface area contributed by atoms with Crippen LogP contribution < -0.4 is 9.47 Å². The summed E-state index contributed by atoms with van der Waals surface area (Å²) >= 11 is 1.24. The third-order valence-electron chi connectivity index (χ3n) is 5.42. The van der Waals surface area contributed by atoms with Gasteiger partial charge in [0.2, 0.25) is 5.17 Å². The highest BCUT2D eigenvalue weighted by molar-refractivity contribution is 8.27. The maximum absolute atomic E-state index is 12.8. The lowest BCUT2D eigenvalue weighted by Crippen LogP contribution is -2.35. The van der Waals surface area contributed by atoms with Crippen LogP contribution in [0.5, 0.6) is 11.5 Å². The highest BCUT2D eigenvalue weighted by atomic mass is 32.2. The van der Waals surface area contributed by atoms with Crippen molar-refractivity contribution in [3.63, 3.8) is 0 Å². The fourth-order valence-electron chi connectivity index (χ4n) is 3.73. The quantitative estimate of drug-likeness (QED) is 0.459. The minimum absolute atomic E-state index is 0.0332. The molecule has 5 rings (SSSR count). The molecule has 3 aromatic rings. The van der Waals surface area contributed by atoms with Gasteiger partial charge in [-0.25, -0.2) is 0 Å². The normalized spacial score (nSPS) is 16.1. The number of carbonyl (C=O) groups is 1. The SMILES string of the molecule is CCOc1cc(C=C2C(=N)N3N=C(c4cccnc4)SC3=NC2=O)ccc1OCc1cccc(C)c1. The number of aromatic nitrogens is 1. The molecule has 3 heterocycles. The molecule has 2 aliphatic heterocycles. The molecule has 0 saturated carbocycles. The average molecular weight is 498 g/mol. The van der Waals surface area contributed by atoms with Crippen molar-refractivity contribution >= 4 is 39.8 Å². The number of rotatable bonds is 7. The molecule has 1 aromatic heterocycles. The van der Waals surface area contributed by atoms with Gasteiger partial charge in [-0.2, -0.15) is 15.1 Å². The van der Waals surface area contributed by atoms with E-state index >= 15 is 0 Å². The molecule has 0 atom stereocenters. The molecule has 0 bridgehead atoms. The van der Waals surface area contributed by atoms with Crippen LogP contribution in [0, 0.1) is 12.3 Å². The Bertz CT molecular complexity index is 1430. The largest absolute Gasteiger partial charge is 0.490 e. The summed E-state index contributed by atoms with van der Waals surface area (Å²) in [6, 6.07) is 17.2. The Morgan fingerprint density at radius 3 is 2.75 bits per heavy atom. The van der Waals surface area contributed by atoms with Crippen LogP contribution in [0.2, 0.25) is 0 Å². The average Bonchev–Trinajstić information content (AvgIpc) is 3.31. The topological polar surface area (TPSA) is 100 Å². The smallest absolute Gasteiger partial charge is 0.283 e. The van der Waals surface area contributed by atoms with Gasteiger partial charge in [-0.3, -0.25) is 15.2 Å². The fraction of sp³-hybridized carbons (Fsp3) is 0.148. The van der Waals surface area contributed by atoms with E-state index < -0.39 is 5.91 Å². The number of hydrazone groups is 1. The zero-order valence-corrected chi connectivity index (χ0v) is 20.6. The fourth-order valence-corrected chi connectivity index (χ4v) is 4.61. The molecule has 0 saturated heterocycles. The lowest BCUT2D eigenvalue weighted by molar-refractivity contribution is -0.114. The van der Waals surface area contributed by atoms with Crippen molar-refractivity contribution in [2.24, 2.45) is 10.1 Å². The van der Waals surface area contributed by atoms with Crippen molar-refractivity contribution in [1.29, 1.82) is 5.41 Å². The van der Waals surface area contributed by atoms with Gasteiger partial charge >= 0.3 is 0 Å². The summed E-state index contributed by atoms with van der Waals surface area (Å²) in [5.41, 5.74) is 3.87. The van der Waals surface area contributed by atoms with E-state index in [1.807, 2.05) is 56.3 Å². The number of amides is 1. The van der Waals surface area contributed by atoms with Crippen molar-refractivity contribution in [3.8, 4) is 11.5 Å². The Labute approximate surface area is 212 Å². The first-order valence-electron chi connectivity index (χ1n) is 11.4. The third-order valence-corrected chi connectivity index (χ3v) is 6.38. The van der Waals surface area contributed by atoms with E-state index in [4.69, 9.17) is 14.9 Å². The molecule has 36 heavy (non-hydrogen) atoms. The van der Waals surface area contributed by atoms with Crippen molar-refractivity contribution in [1.82, 2.24) is 9.99 Å². The van der Waals surface area contributed by atoms with Crippen LogP contribution in [0.3, 0.4) is 0 Å². The summed E-state index contributed by atoms with van der Waals surface area (Å²) in [4.78, 5) is 21.1. The van der Waals surface area contributed by atoms with Gasteiger partial charge in [0.05, 0.1) is 12.2 Å². The summed E-state index contributed by atoms with van der Waals surface area (Å²) in [5.74, 6) is 0.646. The van der Waals surface area contributed by atoms with Gasteiger partial charge in [-0.15, -0.1) is 0 Å². The van der Waals surface area contributed by atoms with Crippen molar-refractivity contribution in [3.05, 3.63) is 94.8 Å². The minimum atomic E-state index is -0.487. The Morgan fingerprint density at radius 2 is 1.97 bits per heavy atom. The molecule has 0 aliphatic carbocycles. The molecule has 2 aromatic carbocycles. The first kappa shape index (κ1) is 23.5. The number of ether oxygens (including phenoxy) is 2. The lowest BCUT2D eigenvalue weighted by atomic mass is 10.1. The van der Waals surface area contributed by atoms with Crippen LogP contribution in [0.1, 0.15) is 29.2 Å². The van der Waals surface area contributed by atoms with E-state index in [1.165, 1.54) is 22.3 Å². The molecular weight excluding hydrogens is 474 g/mol. The van der Waals surface area contributed by atoms with E-state index in [-0.39, 0.29) is 11.4 Å². The molecule has 2 aliphatic rings. The molecule has 9 heteroatoms. The summed E-state index contributed by atoms with van der Waals surface area (Å²) < 4.78 is 11.8. The number of pyridine rings is 1. The van der Waals surface area contributed by atoms with E-state index in [1.54, 1.807) is 24.5 Å². The number of hydrogen-bond acceptors (Lipinski definition) is 7. The van der Waals surface area contributed by atoms with Crippen molar-refractivity contribution in [2.75, 3.05) is 6.61 Å². The first-order valence-corrected chi connectivity index (χ1v) is 12.2. The van der Waals surface area contributed by atoms with Crippen LogP contribution >= 0.6 is 11.8 Å². The number of nitrogens with zero attached hydrogens (tertiary/aromatic N) is 4. The number of thioether (sulfide) groups is 1. The predicted molar refractivity (Wildman–Crippen MR) is 141 cm³/mol. The van der Waals surface area contributed by atoms with Crippen LogP contribution in [-0.2, 0) is 11.4 Å². The van der Waals surface area contributed by atoms with Crippen LogP contribution in [0.4, 0.5) is 0 Å². The number of aryl methyl sites for hydroxylation is 1. The molecule has 0 spiro atoms. The van der Waals surface area contributed by atoms with Gasteiger partial charge in [0.15, 0.2) is 17.3 Å². The molecule has 180 valence electrons. The Hall–Kier alpha value is -4.24. The molecule has 1 N–H and O–H groups in total. The van der Waals surface area contributed by atoms with Gasteiger partial charge in [0, 0.05) is 18.0 Å². The number of hydrogen-bond donors (Lipinski definition) is 1. The van der Waals surface area contributed by atoms with Crippen molar-refractivity contribution in [2.45, 2.75) is 20.5 Å². The minimum Gasteiger partial charge on any atom is -0.490 e. The summed E-state index contributed by atoms with van der Waals surface area (Å²) in [5, 5.41) is 15.5. The Morgan fingerprint density at radius 1 is 1.08 bits per heavy atom. The summed E-state index contributed by atoms with van der Waals surface area (Å²) in [7, 11) is 0. The standard InChI is InChI=1S/C27H23N5O3S/c1-3-34-23-14-18(9-10-22(23)35-16-19-7-4-6-17(2)12-19)13-21-24(28)32-27(30-25(21)33)36-26(31-32)20-8-5-11-29-15-20/h4-15,28H,3,16H2,1-2H3. The summed E-state index contributed by atoms with van der Waals surface area (Å²) in [6.07, 6.45) is 4.99. The Kier molecular flexibility index (Phi) is 6.64. The van der Waals surface area contributed by atoms with Gasteiger partial charge in [-0.1, -0.05) is 35.9 Å². The second kappa shape index (κ2) is 10.2. The lowest BCUT2D eigenvalue weighted by Gasteiger charge is -2.20. The molecular formula is C27H23N5O3S. The van der Waals surface area contributed by atoms with E-state index in [0.717, 1.165) is 11.1 Å². The number of amidine groups is 2. The van der Waals surface area contributed by atoms with E-state index in [0.29, 0.717) is 40.5 Å². The summed E-state index contributed by atoms with van der Waals surface area (Å²) in [6.45, 7) is 4.81. The maximum Gasteiger partial charge on any atom is 0.283 e. The molecule has 0 fully saturated rings. The molecule has 8 nitrogen and oxygen atoms in total. The third kappa shape index (κ3) is 4.92. The zero-order valence-electron chi connectivity index (χ0n) is 19.8. The van der Waals surface area contributed by atoms with E-state index in [2.05, 4.69) is 21.1 Å². The van der Waals surface area contributed by atoms with Gasteiger partial charge in [-0.05, 0) is 67.1 Å². The second-order valence-corrected chi connectivity index (χ2v) is 9.04. The van der Waals surface area contributed by atoms with Crippen LogP contribution in [0.25, 0.3) is 6.08 Å². The molecule has 0 radical (unpaired) electrons. The highest BCUT2D eigenvalue weighted by Crippen LogP contribution is 2.33. The zero-order chi connectivity index (χ0) is 25.1. The van der Waals surface area contributed by atoms with Crippen molar-refractivity contribution < 1.29 is 14.3 Å². The number of fused-ring (bicyclic) bond motifs is 1. The molecule has 0 unspecified atom stereocenters. The first-order chi connectivity index (χ1) is 17.5.